The maximum absolute atomic E-state index is 10.8. The summed E-state index contributed by atoms with van der Waals surface area (Å²) in [7, 11) is 0. The van der Waals surface area contributed by atoms with E-state index in [2.05, 4.69) is 5.32 Å². The number of amides is 1. The van der Waals surface area contributed by atoms with E-state index in [1.54, 1.807) is 0 Å². The van der Waals surface area contributed by atoms with Crippen LogP contribution in [0.1, 0.15) is 6.42 Å². The van der Waals surface area contributed by atoms with E-state index in [9.17, 15) is 4.79 Å². The fraction of sp³-hybridized carbons (Fsp3) is 0.833. The smallest absolute Gasteiger partial charge is 0.249 e. The highest BCUT2D eigenvalue weighted by atomic mass is 16.5. The monoisotopic (exact) mass is 127 g/mol. The van der Waals surface area contributed by atoms with Crippen LogP contribution in [0.2, 0.25) is 0 Å². The van der Waals surface area contributed by atoms with Crippen LogP contribution in [0.4, 0.5) is 0 Å². The summed E-state index contributed by atoms with van der Waals surface area (Å²) >= 11 is 0. The normalized spacial score (nSPS) is 40.7. The molecule has 2 bridgehead atoms. The highest BCUT2D eigenvalue weighted by Gasteiger charge is 2.35. The molecule has 0 spiro atoms. The van der Waals surface area contributed by atoms with E-state index >= 15 is 0 Å². The zero-order valence-electron chi connectivity index (χ0n) is 5.09. The lowest BCUT2D eigenvalue weighted by Crippen LogP contribution is -2.40. The van der Waals surface area contributed by atoms with E-state index in [1.165, 1.54) is 0 Å². The van der Waals surface area contributed by atoms with Crippen molar-refractivity contribution in [2.24, 2.45) is 5.92 Å². The Balaban J connectivity index is 2.14. The van der Waals surface area contributed by atoms with Crippen molar-refractivity contribution in [2.75, 3.05) is 13.2 Å². The van der Waals surface area contributed by atoms with Crippen LogP contribution in [0.5, 0.6) is 0 Å². The zero-order chi connectivity index (χ0) is 6.27. The Kier molecular flexibility index (Phi) is 0.990. The Morgan fingerprint density at radius 3 is 3.33 bits per heavy atom. The summed E-state index contributed by atoms with van der Waals surface area (Å²) < 4.78 is 5.18. The van der Waals surface area contributed by atoms with Crippen molar-refractivity contribution in [3.05, 3.63) is 0 Å². The fourth-order valence-electron chi connectivity index (χ4n) is 1.37. The predicted octanol–water partition coefficient (Wildman–Crippen LogP) is -0.479. The number of carbonyl (C=O) groups is 1. The van der Waals surface area contributed by atoms with Gasteiger partial charge in [0.25, 0.3) is 0 Å². The Morgan fingerprint density at radius 2 is 2.56 bits per heavy atom. The summed E-state index contributed by atoms with van der Waals surface area (Å²) in [5.74, 6) is 0.663. The lowest BCUT2D eigenvalue weighted by atomic mass is 10.0. The van der Waals surface area contributed by atoms with E-state index < -0.39 is 0 Å². The highest BCUT2D eigenvalue weighted by molar-refractivity contribution is 5.81. The first-order valence-corrected chi connectivity index (χ1v) is 3.25. The second-order valence-corrected chi connectivity index (χ2v) is 2.67. The maximum Gasteiger partial charge on any atom is 0.249 e. The van der Waals surface area contributed by atoms with Crippen molar-refractivity contribution >= 4 is 5.91 Å². The number of hydrogen-bond acceptors (Lipinski definition) is 2. The van der Waals surface area contributed by atoms with Gasteiger partial charge in [-0.15, -0.1) is 0 Å². The number of carbonyl (C=O) groups excluding carboxylic acids is 1. The van der Waals surface area contributed by atoms with Gasteiger partial charge in [-0.05, 0) is 6.42 Å². The molecule has 0 aromatic heterocycles. The summed E-state index contributed by atoms with van der Waals surface area (Å²) in [6, 6.07) is 0. The molecule has 2 rings (SSSR count). The summed E-state index contributed by atoms with van der Waals surface area (Å²) in [6.07, 6.45) is 0.815. The third-order valence-electron chi connectivity index (χ3n) is 1.94. The van der Waals surface area contributed by atoms with E-state index in [0.29, 0.717) is 5.92 Å². The molecule has 2 atom stereocenters. The molecule has 2 fully saturated rings. The minimum Gasteiger partial charge on any atom is -0.368 e. The van der Waals surface area contributed by atoms with Crippen LogP contribution < -0.4 is 5.32 Å². The van der Waals surface area contributed by atoms with Crippen LogP contribution in [0, 0.1) is 5.92 Å². The number of rotatable bonds is 0. The molecule has 2 heterocycles. The number of hydrogen-bond donors (Lipinski definition) is 1. The number of nitrogens with one attached hydrogen (secondary N) is 1. The molecule has 0 radical (unpaired) electrons. The van der Waals surface area contributed by atoms with E-state index in [4.69, 9.17) is 4.74 Å². The van der Waals surface area contributed by atoms with Crippen LogP contribution >= 0.6 is 0 Å². The molecule has 0 aliphatic carbocycles. The molecule has 2 aliphatic heterocycles. The molecule has 2 unspecified atom stereocenters. The van der Waals surface area contributed by atoms with Gasteiger partial charge in [0, 0.05) is 12.5 Å². The molecule has 0 aromatic rings. The van der Waals surface area contributed by atoms with Crippen molar-refractivity contribution < 1.29 is 9.53 Å². The summed E-state index contributed by atoms with van der Waals surface area (Å²) in [4.78, 5) is 10.8. The van der Waals surface area contributed by atoms with Gasteiger partial charge in [0.2, 0.25) is 5.91 Å². The Hall–Kier alpha value is -0.570. The number of fused-ring (bicyclic) bond motifs is 2. The van der Waals surface area contributed by atoms with Gasteiger partial charge in [-0.25, -0.2) is 0 Å². The summed E-state index contributed by atoms with van der Waals surface area (Å²) in [5.41, 5.74) is 0. The molecule has 2 saturated heterocycles. The van der Waals surface area contributed by atoms with E-state index in [1.807, 2.05) is 0 Å². The molecule has 50 valence electrons. The first-order valence-electron chi connectivity index (χ1n) is 3.25. The van der Waals surface area contributed by atoms with Gasteiger partial charge in [-0.1, -0.05) is 0 Å². The van der Waals surface area contributed by atoms with Crippen LogP contribution in [-0.2, 0) is 9.53 Å². The van der Waals surface area contributed by atoms with Crippen molar-refractivity contribution in [3.8, 4) is 0 Å². The van der Waals surface area contributed by atoms with Crippen molar-refractivity contribution in [1.29, 1.82) is 0 Å². The zero-order valence-corrected chi connectivity index (χ0v) is 5.09. The largest absolute Gasteiger partial charge is 0.368 e. The predicted molar refractivity (Wildman–Crippen MR) is 30.9 cm³/mol. The molecule has 9 heavy (non-hydrogen) atoms. The highest BCUT2D eigenvalue weighted by Crippen LogP contribution is 2.22. The molecule has 1 N–H and O–H groups in total. The summed E-state index contributed by atoms with van der Waals surface area (Å²) in [6.45, 7) is 1.58. The maximum atomic E-state index is 10.8. The Morgan fingerprint density at radius 1 is 1.67 bits per heavy atom. The van der Waals surface area contributed by atoms with E-state index in [0.717, 1.165) is 19.6 Å². The standard InChI is InChI=1S/C6H9NO2/c8-6-5-1-4(2-7-6)3-9-5/h4-5H,1-3H2,(H,7,8). The second kappa shape index (κ2) is 1.70. The third kappa shape index (κ3) is 0.721. The van der Waals surface area contributed by atoms with Crippen LogP contribution in [0.15, 0.2) is 0 Å². The van der Waals surface area contributed by atoms with Crippen LogP contribution in [0.3, 0.4) is 0 Å². The third-order valence-corrected chi connectivity index (χ3v) is 1.94. The molecule has 1 amide bonds. The van der Waals surface area contributed by atoms with Crippen molar-refractivity contribution in [1.82, 2.24) is 5.32 Å². The van der Waals surface area contributed by atoms with Gasteiger partial charge in [0.05, 0.1) is 6.61 Å². The van der Waals surface area contributed by atoms with Crippen molar-refractivity contribution in [2.45, 2.75) is 12.5 Å². The molecule has 2 aliphatic rings. The molecular weight excluding hydrogens is 118 g/mol. The number of piperidine rings is 1. The first-order chi connectivity index (χ1) is 4.36. The van der Waals surface area contributed by atoms with Gasteiger partial charge >= 0.3 is 0 Å². The molecule has 3 nitrogen and oxygen atoms in total. The quantitative estimate of drug-likeness (QED) is 0.477. The first kappa shape index (κ1) is 5.23. The fourth-order valence-corrected chi connectivity index (χ4v) is 1.37. The topological polar surface area (TPSA) is 38.3 Å². The minimum atomic E-state index is -0.122. The second-order valence-electron chi connectivity index (χ2n) is 2.67. The Labute approximate surface area is 53.4 Å². The lowest BCUT2D eigenvalue weighted by Gasteiger charge is -2.15. The summed E-state index contributed by atoms with van der Waals surface area (Å²) in [5, 5.41) is 2.78. The molecule has 0 aromatic carbocycles. The van der Waals surface area contributed by atoms with Gasteiger partial charge < -0.3 is 10.1 Å². The Bertz CT molecular complexity index is 146. The van der Waals surface area contributed by atoms with Gasteiger partial charge in [0.15, 0.2) is 0 Å². The SMILES string of the molecule is O=C1NCC2COC1C2. The van der Waals surface area contributed by atoms with Gasteiger partial charge in [-0.3, -0.25) is 4.79 Å². The van der Waals surface area contributed by atoms with Crippen LogP contribution in [-0.4, -0.2) is 25.2 Å². The molecule has 0 saturated carbocycles. The molecule has 3 heteroatoms. The minimum absolute atomic E-state index is 0.0729. The van der Waals surface area contributed by atoms with Crippen LogP contribution in [0.25, 0.3) is 0 Å². The van der Waals surface area contributed by atoms with Gasteiger partial charge in [0.1, 0.15) is 6.10 Å². The average Bonchev–Trinajstić information content (AvgIpc) is 2.25. The average molecular weight is 127 g/mol. The molecular formula is C6H9NO2. The lowest BCUT2D eigenvalue weighted by molar-refractivity contribution is -0.130. The van der Waals surface area contributed by atoms with Gasteiger partial charge in [-0.2, -0.15) is 0 Å². The van der Waals surface area contributed by atoms with Crippen molar-refractivity contribution in [3.63, 3.8) is 0 Å². The van der Waals surface area contributed by atoms with E-state index in [-0.39, 0.29) is 12.0 Å². The number of ether oxygens (including phenoxy) is 1.